The van der Waals surface area contributed by atoms with Crippen LogP contribution in [0.15, 0.2) is 30.3 Å². The van der Waals surface area contributed by atoms with E-state index in [4.69, 9.17) is 0 Å². The molecule has 2 N–H and O–H groups in total. The van der Waals surface area contributed by atoms with Crippen LogP contribution in [0.2, 0.25) is 0 Å². The fraction of sp³-hybridized carbons (Fsp3) is 0.533. The summed E-state index contributed by atoms with van der Waals surface area (Å²) in [5, 5.41) is 6.33. The van der Waals surface area contributed by atoms with Crippen LogP contribution in [0.3, 0.4) is 0 Å². The van der Waals surface area contributed by atoms with Gasteiger partial charge in [-0.3, -0.25) is 4.79 Å². The van der Waals surface area contributed by atoms with Gasteiger partial charge in [-0.2, -0.15) is 0 Å². The van der Waals surface area contributed by atoms with E-state index in [0.29, 0.717) is 12.6 Å². The van der Waals surface area contributed by atoms with Crippen LogP contribution in [0.4, 0.5) is 5.69 Å². The number of hydrogen-bond donors (Lipinski definition) is 2. The summed E-state index contributed by atoms with van der Waals surface area (Å²) in [6.07, 6.45) is 2.55. The molecule has 1 aromatic rings. The molecule has 0 saturated carbocycles. The van der Waals surface area contributed by atoms with E-state index in [1.165, 1.54) is 25.9 Å². The highest BCUT2D eigenvalue weighted by Crippen LogP contribution is 2.27. The summed E-state index contributed by atoms with van der Waals surface area (Å²) < 4.78 is 0. The first-order chi connectivity index (χ1) is 9.31. The Bertz CT molecular complexity index is 426. The maximum atomic E-state index is 11.9. The SMILES string of the molecule is O=C(CNC1CN2CCC1CC2)Nc1ccccc1. The van der Waals surface area contributed by atoms with Crippen molar-refractivity contribution >= 4 is 11.6 Å². The summed E-state index contributed by atoms with van der Waals surface area (Å²) in [7, 11) is 0. The fourth-order valence-corrected chi connectivity index (χ4v) is 3.15. The Kier molecular flexibility index (Phi) is 3.80. The summed E-state index contributed by atoms with van der Waals surface area (Å²) >= 11 is 0. The zero-order valence-electron chi connectivity index (χ0n) is 11.1. The molecule has 102 valence electrons. The van der Waals surface area contributed by atoms with E-state index in [2.05, 4.69) is 15.5 Å². The van der Waals surface area contributed by atoms with Crippen molar-refractivity contribution in [1.82, 2.24) is 10.2 Å². The zero-order chi connectivity index (χ0) is 13.1. The largest absolute Gasteiger partial charge is 0.325 e. The molecule has 1 amide bonds. The molecule has 3 saturated heterocycles. The highest BCUT2D eigenvalue weighted by Gasteiger charge is 2.33. The summed E-state index contributed by atoms with van der Waals surface area (Å²) in [6.45, 7) is 3.98. The van der Waals surface area contributed by atoms with Crippen molar-refractivity contribution in [2.24, 2.45) is 5.92 Å². The number of nitrogens with zero attached hydrogens (tertiary/aromatic N) is 1. The molecule has 3 fully saturated rings. The third kappa shape index (κ3) is 3.14. The van der Waals surface area contributed by atoms with Crippen LogP contribution >= 0.6 is 0 Å². The van der Waals surface area contributed by atoms with Crippen molar-refractivity contribution in [3.05, 3.63) is 30.3 Å². The van der Waals surface area contributed by atoms with Gasteiger partial charge in [0.15, 0.2) is 0 Å². The maximum absolute atomic E-state index is 11.9. The van der Waals surface area contributed by atoms with Gasteiger partial charge in [0.05, 0.1) is 6.54 Å². The number of carbonyl (C=O) groups excluding carboxylic acids is 1. The van der Waals surface area contributed by atoms with Gasteiger partial charge in [-0.25, -0.2) is 0 Å². The Morgan fingerprint density at radius 2 is 1.95 bits per heavy atom. The van der Waals surface area contributed by atoms with Gasteiger partial charge in [0.1, 0.15) is 0 Å². The molecule has 4 heteroatoms. The molecule has 0 aliphatic carbocycles. The average Bonchev–Trinajstić information content (AvgIpc) is 2.47. The normalized spacial score (nSPS) is 29.2. The van der Waals surface area contributed by atoms with Gasteiger partial charge in [0.2, 0.25) is 5.91 Å². The number of benzene rings is 1. The average molecular weight is 259 g/mol. The van der Waals surface area contributed by atoms with Gasteiger partial charge in [0.25, 0.3) is 0 Å². The highest BCUT2D eigenvalue weighted by atomic mass is 16.1. The van der Waals surface area contributed by atoms with Gasteiger partial charge in [0, 0.05) is 18.3 Å². The molecule has 0 spiro atoms. The molecule has 3 aliphatic heterocycles. The number of piperidine rings is 3. The Hall–Kier alpha value is -1.39. The van der Waals surface area contributed by atoms with Crippen molar-refractivity contribution in [3.8, 4) is 0 Å². The van der Waals surface area contributed by atoms with Crippen molar-refractivity contribution in [3.63, 3.8) is 0 Å². The number of nitrogens with one attached hydrogen (secondary N) is 2. The minimum Gasteiger partial charge on any atom is -0.325 e. The molecule has 4 rings (SSSR count). The summed E-state index contributed by atoms with van der Waals surface area (Å²) in [6, 6.07) is 10.1. The van der Waals surface area contributed by atoms with Crippen LogP contribution in [0.1, 0.15) is 12.8 Å². The molecule has 3 aliphatic rings. The molecular formula is C15H21N3O. The molecule has 1 atom stereocenters. The maximum Gasteiger partial charge on any atom is 0.238 e. The predicted octanol–water partition coefficient (Wildman–Crippen LogP) is 1.31. The van der Waals surface area contributed by atoms with E-state index >= 15 is 0 Å². The van der Waals surface area contributed by atoms with E-state index in [-0.39, 0.29) is 5.91 Å². The molecule has 0 radical (unpaired) electrons. The van der Waals surface area contributed by atoms with Crippen molar-refractivity contribution < 1.29 is 4.79 Å². The second kappa shape index (κ2) is 5.72. The second-order valence-corrected chi connectivity index (χ2v) is 5.54. The molecule has 19 heavy (non-hydrogen) atoms. The number of rotatable bonds is 4. The summed E-state index contributed by atoms with van der Waals surface area (Å²) in [4.78, 5) is 14.4. The van der Waals surface area contributed by atoms with Crippen LogP contribution < -0.4 is 10.6 Å². The minimum atomic E-state index is 0.0441. The number of carbonyl (C=O) groups is 1. The molecular weight excluding hydrogens is 238 g/mol. The molecule has 1 aromatic carbocycles. The highest BCUT2D eigenvalue weighted by molar-refractivity contribution is 5.92. The molecule has 3 heterocycles. The van der Waals surface area contributed by atoms with E-state index in [0.717, 1.165) is 18.2 Å². The van der Waals surface area contributed by atoms with Crippen molar-refractivity contribution in [2.45, 2.75) is 18.9 Å². The lowest BCUT2D eigenvalue weighted by molar-refractivity contribution is -0.115. The number of anilines is 1. The lowest BCUT2D eigenvalue weighted by Gasteiger charge is -2.45. The Balaban J connectivity index is 1.46. The first kappa shape index (κ1) is 12.6. The molecule has 4 nitrogen and oxygen atoms in total. The van der Waals surface area contributed by atoms with E-state index in [1.807, 2.05) is 30.3 Å². The standard InChI is InChI=1S/C15H21N3O/c19-15(17-13-4-2-1-3-5-13)10-16-14-11-18-8-6-12(14)7-9-18/h1-5,12,14,16H,6-11H2,(H,17,19). The topological polar surface area (TPSA) is 44.4 Å². The second-order valence-electron chi connectivity index (χ2n) is 5.54. The number of fused-ring (bicyclic) bond motifs is 3. The third-order valence-corrected chi connectivity index (χ3v) is 4.24. The fourth-order valence-electron chi connectivity index (χ4n) is 3.15. The monoisotopic (exact) mass is 259 g/mol. The Morgan fingerprint density at radius 3 is 2.58 bits per heavy atom. The number of hydrogen-bond acceptors (Lipinski definition) is 3. The van der Waals surface area contributed by atoms with E-state index in [9.17, 15) is 4.79 Å². The van der Waals surface area contributed by atoms with Crippen molar-refractivity contribution in [1.29, 1.82) is 0 Å². The molecule has 0 aromatic heterocycles. The van der Waals surface area contributed by atoms with Gasteiger partial charge >= 0.3 is 0 Å². The van der Waals surface area contributed by atoms with Crippen LogP contribution in [0, 0.1) is 5.92 Å². The number of para-hydroxylation sites is 1. The van der Waals surface area contributed by atoms with Crippen LogP contribution in [-0.4, -0.2) is 43.0 Å². The van der Waals surface area contributed by atoms with Crippen LogP contribution in [0.25, 0.3) is 0 Å². The van der Waals surface area contributed by atoms with Crippen molar-refractivity contribution in [2.75, 3.05) is 31.5 Å². The summed E-state index contributed by atoms with van der Waals surface area (Å²) in [5.41, 5.74) is 0.864. The molecule has 2 bridgehead atoms. The van der Waals surface area contributed by atoms with Gasteiger partial charge in [-0.1, -0.05) is 18.2 Å². The van der Waals surface area contributed by atoms with Crippen LogP contribution in [-0.2, 0) is 4.79 Å². The first-order valence-electron chi connectivity index (χ1n) is 7.12. The van der Waals surface area contributed by atoms with Gasteiger partial charge < -0.3 is 15.5 Å². The van der Waals surface area contributed by atoms with E-state index < -0.39 is 0 Å². The summed E-state index contributed by atoms with van der Waals surface area (Å²) in [5.74, 6) is 0.803. The zero-order valence-corrected chi connectivity index (χ0v) is 11.1. The van der Waals surface area contributed by atoms with Gasteiger partial charge in [-0.05, 0) is 44.0 Å². The van der Waals surface area contributed by atoms with Crippen LogP contribution in [0.5, 0.6) is 0 Å². The number of amides is 1. The quantitative estimate of drug-likeness (QED) is 0.857. The molecule has 1 unspecified atom stereocenters. The Morgan fingerprint density at radius 1 is 1.21 bits per heavy atom. The Labute approximate surface area is 114 Å². The van der Waals surface area contributed by atoms with E-state index in [1.54, 1.807) is 0 Å². The first-order valence-corrected chi connectivity index (χ1v) is 7.12. The van der Waals surface area contributed by atoms with Gasteiger partial charge in [-0.15, -0.1) is 0 Å². The lowest BCUT2D eigenvalue weighted by Crippen LogP contribution is -2.57. The minimum absolute atomic E-state index is 0.0441. The smallest absolute Gasteiger partial charge is 0.238 e. The third-order valence-electron chi connectivity index (χ3n) is 4.24. The predicted molar refractivity (Wildman–Crippen MR) is 76.0 cm³/mol. The lowest BCUT2D eigenvalue weighted by atomic mass is 9.84.